The van der Waals surface area contributed by atoms with Crippen molar-refractivity contribution >= 4 is 53.0 Å². The predicted molar refractivity (Wildman–Crippen MR) is 211 cm³/mol. The van der Waals surface area contributed by atoms with Gasteiger partial charge in [0, 0.05) is 178 Å². The molecule has 0 aromatic rings. The number of nitrogens with one attached hydrogen (secondary N) is 1. The molecule has 0 aliphatic carbocycles. The predicted octanol–water partition coefficient (Wildman–Crippen LogP) is 10.6. The zero-order valence-corrected chi connectivity index (χ0v) is 52.2. The number of ketones is 4. The fraction of sp³-hybridized carbons (Fsp3) is 0.606. The number of nitrogens with two attached hydrogens (primary N) is 1. The van der Waals surface area contributed by atoms with E-state index in [0.717, 1.165) is 0 Å². The molecule has 14 heteroatoms. The maximum absolute atomic E-state index is 9.70. The van der Waals surface area contributed by atoms with E-state index in [0.29, 0.717) is 0 Å². The van der Waals surface area contributed by atoms with Crippen LogP contribution in [0.25, 0.3) is 6.15 Å². The zero-order valence-electron chi connectivity index (χ0n) is 35.7. The molecular weight excluding hydrogens is 1090 g/mol. The topological polar surface area (TPSA) is 162 Å². The second kappa shape index (κ2) is 296. The van der Waals surface area contributed by atoms with Gasteiger partial charge in [-0.3, -0.25) is 4.79 Å². The summed E-state index contributed by atoms with van der Waals surface area (Å²) in [4.78, 5) is 47.5. The van der Waals surface area contributed by atoms with E-state index in [1.807, 2.05) is 27.7 Å². The molecule has 5 radical (unpaired) electrons. The van der Waals surface area contributed by atoms with E-state index in [9.17, 15) is 24.0 Å². The number of rotatable bonds is 0. The average Bonchev–Trinajstić information content (AvgIpc) is 2.88. The monoisotopic (exact) mass is 1180 g/mol. The van der Waals surface area contributed by atoms with Crippen molar-refractivity contribution in [1.29, 1.82) is 0 Å². The van der Waals surface area contributed by atoms with Gasteiger partial charge in [0.25, 0.3) is 0 Å². The van der Waals surface area contributed by atoms with E-state index >= 15 is 0 Å². The van der Waals surface area contributed by atoms with Gasteiger partial charge in [-0.05, 0) is 55.4 Å². The Kier molecular flexibility index (Phi) is 1020. The summed E-state index contributed by atoms with van der Waals surface area (Å²) in [6.45, 7) is 51.7. The van der Waals surface area contributed by atoms with Gasteiger partial charge < -0.3 is 92.5 Å². The Hall–Kier alpha value is 4.32. The molecule has 0 unspecified atom stereocenters. The Morgan fingerprint density at radius 3 is 0.404 bits per heavy atom. The van der Waals surface area contributed by atoms with E-state index in [1.165, 1.54) is 62.3 Å². The first-order valence-electron chi connectivity index (χ1n) is 12.5. The fourth-order valence-corrected chi connectivity index (χ4v) is 0. The normalized spacial score (nSPS) is 3.96. The van der Waals surface area contributed by atoms with E-state index in [2.05, 4.69) is 46.9 Å². The minimum atomic E-state index is 0. The molecular formula is C33H84IN2O6Y5-9. The van der Waals surface area contributed by atoms with Crippen LogP contribution in [-0.4, -0.2) is 41.6 Å². The van der Waals surface area contributed by atoms with Crippen LogP contribution in [0.15, 0.2) is 0 Å². The van der Waals surface area contributed by atoms with Crippen LogP contribution in [0.3, 0.4) is 0 Å². The third-order valence-electron chi connectivity index (χ3n) is 0.352. The summed E-state index contributed by atoms with van der Waals surface area (Å²) in [7, 11) is 1.60. The minimum absolute atomic E-state index is 0. The SMILES string of the molecule is CC.CC.CC(C)=O.CC(C)=O.CC(C)=O.CC(C)=O.CNC(C)=O.I.O.[CH2-]C.[CH2-]C.[CH2-]C.[CH2-]C.[CH2-]C.[CH2-]C.[CH3-].[CH3-].[NH2-].[Y].[Y].[Y].[Y].[Y]. The number of hydrogen-bond donors (Lipinski definition) is 1. The summed E-state index contributed by atoms with van der Waals surface area (Å²) in [5, 5.41) is 2.39. The Morgan fingerprint density at radius 2 is 0.404 bits per heavy atom. The summed E-state index contributed by atoms with van der Waals surface area (Å²) < 4.78 is 0. The van der Waals surface area contributed by atoms with Crippen LogP contribution in [-0.2, 0) is 188 Å². The maximum Gasteiger partial charge on any atom is 0.216 e. The number of Topliss-reactive ketones (excluding diaryl/α,β-unsaturated/α-hetero) is 4. The Morgan fingerprint density at radius 1 is 0.383 bits per heavy atom. The van der Waals surface area contributed by atoms with Gasteiger partial charge in [-0.25, -0.2) is 0 Å². The molecule has 0 heterocycles. The largest absolute Gasteiger partial charge is 0.693 e. The molecule has 0 saturated heterocycles. The molecule has 47 heavy (non-hydrogen) atoms. The van der Waals surface area contributed by atoms with Crippen molar-refractivity contribution in [2.24, 2.45) is 0 Å². The van der Waals surface area contributed by atoms with Crippen molar-refractivity contribution in [2.75, 3.05) is 7.05 Å². The number of halogens is 1. The standard InChI is InChI=1S/C3H7NO.4C3H6O.2C2H6.6C2H5.2CH3.HI.H2N.H2O.5Y/c1-3(5)4-2;4*1-3(2)4;8*1-2;;;;;;;;;;/h1-2H3,(H,4,5);4*1-2H3;2*1-2H3;6*1H2,2H3;2*1H3;1H;2*1H2;;;;;/q;;;;;;;8*-1;;-1;;;;;;. The fourth-order valence-electron chi connectivity index (χ4n) is 0. The molecule has 0 aliphatic heterocycles. The average molecular weight is 1180 g/mol. The first-order chi connectivity index (χ1) is 17.2. The molecule has 293 valence electrons. The second-order valence-corrected chi connectivity index (χ2v) is 4.44. The summed E-state index contributed by atoms with van der Waals surface area (Å²) in [6, 6.07) is 0. The van der Waals surface area contributed by atoms with Crippen molar-refractivity contribution in [3.8, 4) is 0 Å². The van der Waals surface area contributed by atoms with Gasteiger partial charge in [0.2, 0.25) is 5.91 Å². The molecule has 0 aromatic heterocycles. The van der Waals surface area contributed by atoms with Gasteiger partial charge in [-0.1, -0.05) is 27.7 Å². The number of amides is 1. The van der Waals surface area contributed by atoms with Gasteiger partial charge in [0.05, 0.1) is 0 Å². The molecule has 0 spiro atoms. The molecule has 5 N–H and O–H groups in total. The number of carbonyl (C=O) groups is 5. The number of hydrogen-bond acceptors (Lipinski definition) is 5. The molecule has 0 aliphatic rings. The van der Waals surface area contributed by atoms with Crippen LogP contribution in [0.1, 0.15) is 132 Å². The van der Waals surface area contributed by atoms with Crippen LogP contribution < -0.4 is 5.32 Å². The van der Waals surface area contributed by atoms with Crippen molar-refractivity contribution in [3.63, 3.8) is 0 Å². The van der Waals surface area contributed by atoms with Gasteiger partial charge in [-0.2, -0.15) is 41.5 Å². The first kappa shape index (κ1) is 162. The van der Waals surface area contributed by atoms with Crippen molar-refractivity contribution in [3.05, 3.63) is 62.5 Å². The Bertz CT molecular complexity index is 289. The molecule has 0 aromatic carbocycles. The van der Waals surface area contributed by atoms with Crippen LogP contribution in [0, 0.1) is 56.4 Å². The zero-order chi connectivity index (χ0) is 34.6. The van der Waals surface area contributed by atoms with Gasteiger partial charge in [0.15, 0.2) is 0 Å². The van der Waals surface area contributed by atoms with Gasteiger partial charge in [-0.15, -0.1) is 24.0 Å². The minimum Gasteiger partial charge on any atom is -0.693 e. The van der Waals surface area contributed by atoms with Crippen molar-refractivity contribution in [1.82, 2.24) is 5.32 Å². The van der Waals surface area contributed by atoms with Crippen LogP contribution in [0.4, 0.5) is 0 Å². The summed E-state index contributed by atoms with van der Waals surface area (Å²) in [5.74, 6) is 0.671. The molecule has 0 bridgehead atoms. The molecule has 0 atom stereocenters. The van der Waals surface area contributed by atoms with E-state index < -0.39 is 0 Å². The first-order valence-corrected chi connectivity index (χ1v) is 12.5. The van der Waals surface area contributed by atoms with Crippen LogP contribution >= 0.6 is 24.0 Å². The Balaban J connectivity index is -0.00000000631. The van der Waals surface area contributed by atoms with E-state index in [4.69, 9.17) is 0 Å². The number of carbonyl (C=O) groups excluding carboxylic acids is 5. The molecule has 0 saturated carbocycles. The van der Waals surface area contributed by atoms with Crippen LogP contribution in [0.5, 0.6) is 0 Å². The van der Waals surface area contributed by atoms with Gasteiger partial charge in [0.1, 0.15) is 23.1 Å². The summed E-state index contributed by atoms with van der Waals surface area (Å²) >= 11 is 0. The molecule has 0 fully saturated rings. The second-order valence-electron chi connectivity index (χ2n) is 4.44. The smallest absolute Gasteiger partial charge is 0.216 e. The molecule has 8 nitrogen and oxygen atoms in total. The van der Waals surface area contributed by atoms with Crippen molar-refractivity contribution < 1.29 is 193 Å². The van der Waals surface area contributed by atoms with E-state index in [1.54, 1.807) is 48.6 Å². The van der Waals surface area contributed by atoms with Crippen molar-refractivity contribution in [2.45, 2.75) is 132 Å². The molecule has 0 rings (SSSR count). The third-order valence-corrected chi connectivity index (χ3v) is 0.352. The maximum atomic E-state index is 9.70. The van der Waals surface area contributed by atoms with Crippen LogP contribution in [0.2, 0.25) is 0 Å². The van der Waals surface area contributed by atoms with Gasteiger partial charge >= 0.3 is 0 Å². The summed E-state index contributed by atoms with van der Waals surface area (Å²) in [5.41, 5.74) is 0. The quantitative estimate of drug-likeness (QED) is 0.188. The van der Waals surface area contributed by atoms with E-state index in [-0.39, 0.29) is 243 Å². The molecule has 1 amide bonds. The Labute approximate surface area is 445 Å². The third kappa shape index (κ3) is 2940. The summed E-state index contributed by atoms with van der Waals surface area (Å²) in [6.07, 6.45) is 0.